The number of methoxy groups -OCH3 is 2. The van der Waals surface area contributed by atoms with E-state index in [1.54, 1.807) is 32.4 Å². The molecule has 8 heteroatoms. The van der Waals surface area contributed by atoms with Gasteiger partial charge in [0.05, 0.1) is 19.8 Å². The van der Waals surface area contributed by atoms with Gasteiger partial charge < -0.3 is 19.8 Å². The van der Waals surface area contributed by atoms with Crippen molar-refractivity contribution in [2.24, 2.45) is 0 Å². The van der Waals surface area contributed by atoms with E-state index in [-0.39, 0.29) is 17.9 Å². The zero-order chi connectivity index (χ0) is 18.7. The molecule has 2 N–H and O–H groups in total. The monoisotopic (exact) mass is 375 g/mol. The molecule has 1 atom stereocenters. The lowest BCUT2D eigenvalue weighted by atomic mass is 9.86. The van der Waals surface area contributed by atoms with E-state index < -0.39 is 5.92 Å². The van der Waals surface area contributed by atoms with Crippen molar-refractivity contribution < 1.29 is 14.3 Å². The number of ether oxygens (including phenoxy) is 2. The number of H-pyrrole nitrogens is 1. The van der Waals surface area contributed by atoms with E-state index in [2.05, 4.69) is 22.2 Å². The first-order chi connectivity index (χ1) is 12.6. The molecular weight excluding hydrogens is 354 g/mol. The standard InChI is InChI=1S/C18H21N3O4S/c1-4-7-26-18-20-16-15(17(23)21-18)12(9-14(22)19-16)11-8-10(24-2)5-6-13(11)25-3/h5-6,8,12H,4,7,9H2,1-3H3,(H2,19,20,21,22,23)/t12-/m1/s1. The van der Waals surface area contributed by atoms with Crippen LogP contribution < -0.4 is 20.3 Å². The number of carbonyl (C=O) groups is 1. The number of carbonyl (C=O) groups excluding carboxylic acids is 1. The molecule has 138 valence electrons. The van der Waals surface area contributed by atoms with Gasteiger partial charge >= 0.3 is 0 Å². The fourth-order valence-corrected chi connectivity index (χ4v) is 3.71. The number of nitrogens with zero attached hydrogens (tertiary/aromatic N) is 1. The summed E-state index contributed by atoms with van der Waals surface area (Å²) in [5, 5.41) is 3.24. The van der Waals surface area contributed by atoms with Crippen molar-refractivity contribution in [3.63, 3.8) is 0 Å². The van der Waals surface area contributed by atoms with Crippen molar-refractivity contribution in [3.05, 3.63) is 39.7 Å². The first kappa shape index (κ1) is 18.3. The lowest BCUT2D eigenvalue weighted by molar-refractivity contribution is -0.116. The average molecular weight is 375 g/mol. The number of thioether (sulfide) groups is 1. The molecule has 1 aromatic carbocycles. The molecule has 7 nitrogen and oxygen atoms in total. The highest BCUT2D eigenvalue weighted by Crippen LogP contribution is 2.40. The van der Waals surface area contributed by atoms with Crippen LogP contribution in [0, 0.1) is 0 Å². The molecule has 1 aromatic heterocycles. The minimum Gasteiger partial charge on any atom is -0.497 e. The van der Waals surface area contributed by atoms with Gasteiger partial charge in [0.2, 0.25) is 5.91 Å². The Hall–Kier alpha value is -2.48. The highest BCUT2D eigenvalue weighted by atomic mass is 32.2. The van der Waals surface area contributed by atoms with E-state index in [4.69, 9.17) is 9.47 Å². The summed E-state index contributed by atoms with van der Waals surface area (Å²) < 4.78 is 10.7. The molecule has 1 amide bonds. The molecule has 0 saturated heterocycles. The Labute approximate surface area is 155 Å². The molecule has 2 aromatic rings. The summed E-state index contributed by atoms with van der Waals surface area (Å²) in [5.41, 5.74) is 0.921. The highest BCUT2D eigenvalue weighted by Gasteiger charge is 2.33. The molecular formula is C18H21N3O4S. The third-order valence-electron chi connectivity index (χ3n) is 4.18. The third-order valence-corrected chi connectivity index (χ3v) is 5.26. The van der Waals surface area contributed by atoms with Crippen molar-refractivity contribution in [3.8, 4) is 11.5 Å². The molecule has 0 fully saturated rings. The van der Waals surface area contributed by atoms with Gasteiger partial charge in [0, 0.05) is 23.7 Å². The summed E-state index contributed by atoms with van der Waals surface area (Å²) in [4.78, 5) is 32.3. The Morgan fingerprint density at radius 1 is 1.27 bits per heavy atom. The van der Waals surface area contributed by atoms with Crippen LogP contribution in [-0.4, -0.2) is 35.8 Å². The second-order valence-electron chi connectivity index (χ2n) is 5.89. The molecule has 0 bridgehead atoms. The second kappa shape index (κ2) is 7.82. The highest BCUT2D eigenvalue weighted by molar-refractivity contribution is 7.99. The van der Waals surface area contributed by atoms with Gasteiger partial charge in [0.1, 0.15) is 17.3 Å². The molecule has 1 aliphatic heterocycles. The summed E-state index contributed by atoms with van der Waals surface area (Å²) in [5.74, 6) is 1.75. The van der Waals surface area contributed by atoms with Crippen LogP contribution in [0.15, 0.2) is 28.2 Å². The number of aromatic nitrogens is 2. The largest absolute Gasteiger partial charge is 0.497 e. The number of aromatic amines is 1. The van der Waals surface area contributed by atoms with Gasteiger partial charge in [-0.1, -0.05) is 18.7 Å². The van der Waals surface area contributed by atoms with Gasteiger partial charge in [-0.3, -0.25) is 9.59 Å². The van der Waals surface area contributed by atoms with E-state index in [9.17, 15) is 9.59 Å². The minimum atomic E-state index is -0.453. The van der Waals surface area contributed by atoms with Crippen molar-refractivity contribution >= 4 is 23.5 Å². The van der Waals surface area contributed by atoms with E-state index in [0.29, 0.717) is 28.0 Å². The van der Waals surface area contributed by atoms with Crippen molar-refractivity contribution in [2.45, 2.75) is 30.8 Å². The molecule has 26 heavy (non-hydrogen) atoms. The molecule has 0 aliphatic carbocycles. The smallest absolute Gasteiger partial charge is 0.257 e. The van der Waals surface area contributed by atoms with Crippen molar-refractivity contribution in [1.29, 1.82) is 0 Å². The summed E-state index contributed by atoms with van der Waals surface area (Å²) >= 11 is 1.46. The maximum atomic E-state index is 12.8. The normalized spacial score (nSPS) is 16.0. The van der Waals surface area contributed by atoms with Crippen LogP contribution in [-0.2, 0) is 4.79 Å². The summed E-state index contributed by atoms with van der Waals surface area (Å²) in [6.45, 7) is 2.05. The fraction of sp³-hybridized carbons (Fsp3) is 0.389. The topological polar surface area (TPSA) is 93.3 Å². The van der Waals surface area contributed by atoms with Crippen LogP contribution in [0.1, 0.15) is 36.8 Å². The van der Waals surface area contributed by atoms with Crippen LogP contribution in [0.4, 0.5) is 5.82 Å². The second-order valence-corrected chi connectivity index (χ2v) is 6.98. The number of anilines is 1. The molecule has 1 aliphatic rings. The summed E-state index contributed by atoms with van der Waals surface area (Å²) in [6.07, 6.45) is 1.10. The van der Waals surface area contributed by atoms with Crippen molar-refractivity contribution in [2.75, 3.05) is 25.3 Å². The van der Waals surface area contributed by atoms with Crippen LogP contribution in [0.5, 0.6) is 11.5 Å². The fourth-order valence-electron chi connectivity index (χ4n) is 3.00. The maximum absolute atomic E-state index is 12.8. The average Bonchev–Trinajstić information content (AvgIpc) is 2.64. The molecule has 0 saturated carbocycles. The minimum absolute atomic E-state index is 0.142. The predicted octanol–water partition coefficient (Wildman–Crippen LogP) is 2.76. The number of fused-ring (bicyclic) bond motifs is 1. The van der Waals surface area contributed by atoms with Crippen molar-refractivity contribution in [1.82, 2.24) is 9.97 Å². The van der Waals surface area contributed by atoms with Crippen LogP contribution in [0.3, 0.4) is 0 Å². The maximum Gasteiger partial charge on any atom is 0.257 e. The van der Waals surface area contributed by atoms with E-state index in [0.717, 1.165) is 17.7 Å². The first-order valence-corrected chi connectivity index (χ1v) is 9.34. The van der Waals surface area contributed by atoms with Gasteiger partial charge in [-0.05, 0) is 24.6 Å². The summed E-state index contributed by atoms with van der Waals surface area (Å²) in [7, 11) is 3.13. The molecule has 0 unspecified atom stereocenters. The third kappa shape index (κ3) is 3.55. The molecule has 0 radical (unpaired) electrons. The van der Waals surface area contributed by atoms with E-state index >= 15 is 0 Å². The molecule has 2 heterocycles. The lowest BCUT2D eigenvalue weighted by Crippen LogP contribution is -2.31. The molecule has 0 spiro atoms. The van der Waals surface area contributed by atoms with Crippen LogP contribution in [0.25, 0.3) is 0 Å². The van der Waals surface area contributed by atoms with Gasteiger partial charge in [-0.15, -0.1) is 0 Å². The number of nitrogens with one attached hydrogen (secondary N) is 2. The van der Waals surface area contributed by atoms with Gasteiger partial charge in [-0.2, -0.15) is 0 Å². The van der Waals surface area contributed by atoms with E-state index in [1.165, 1.54) is 11.8 Å². The predicted molar refractivity (Wildman–Crippen MR) is 101 cm³/mol. The zero-order valence-corrected chi connectivity index (χ0v) is 15.7. The Kier molecular flexibility index (Phi) is 5.51. The summed E-state index contributed by atoms with van der Waals surface area (Å²) in [6, 6.07) is 5.34. The van der Waals surface area contributed by atoms with Crippen LogP contribution in [0.2, 0.25) is 0 Å². The first-order valence-electron chi connectivity index (χ1n) is 8.36. The Bertz CT molecular complexity index is 881. The Balaban J connectivity index is 2.12. The number of hydrogen-bond donors (Lipinski definition) is 2. The quantitative estimate of drug-likeness (QED) is 0.596. The lowest BCUT2D eigenvalue weighted by Gasteiger charge is -2.26. The van der Waals surface area contributed by atoms with Crippen LogP contribution >= 0.6 is 11.8 Å². The zero-order valence-electron chi connectivity index (χ0n) is 14.9. The van der Waals surface area contributed by atoms with Gasteiger partial charge in [0.25, 0.3) is 5.56 Å². The van der Waals surface area contributed by atoms with Gasteiger partial charge in [-0.25, -0.2) is 4.98 Å². The number of amides is 1. The number of hydrogen-bond acceptors (Lipinski definition) is 6. The number of benzene rings is 1. The van der Waals surface area contributed by atoms with Gasteiger partial charge in [0.15, 0.2) is 5.16 Å². The number of rotatable bonds is 6. The SMILES string of the molecule is CCCSc1nc2c(c(=O)[nH]1)[C@@H](c1cc(OC)ccc1OC)CC(=O)N2. The Morgan fingerprint density at radius 3 is 2.77 bits per heavy atom. The Morgan fingerprint density at radius 2 is 2.08 bits per heavy atom. The van der Waals surface area contributed by atoms with E-state index in [1.807, 2.05) is 0 Å². The molecule has 3 rings (SSSR count).